The Morgan fingerprint density at radius 3 is 2.77 bits per heavy atom. The van der Waals surface area contributed by atoms with Gasteiger partial charge in [0.15, 0.2) is 0 Å². The van der Waals surface area contributed by atoms with Gasteiger partial charge in [0.05, 0.1) is 18.6 Å². The zero-order chi connectivity index (χ0) is 15.5. The number of ether oxygens (including phenoxy) is 2. The minimum Gasteiger partial charge on any atom is -0.496 e. The number of hydrogen-bond acceptors (Lipinski definition) is 4. The smallest absolute Gasteiger partial charge is 0.339 e. The molecule has 0 atom stereocenters. The van der Waals surface area contributed by atoms with Gasteiger partial charge >= 0.3 is 5.63 Å². The van der Waals surface area contributed by atoms with E-state index in [1.807, 2.05) is 0 Å². The van der Waals surface area contributed by atoms with E-state index in [-0.39, 0.29) is 12.4 Å². The fraction of sp³-hybridized carbons (Fsp3) is 0.118. The molecule has 0 aliphatic rings. The number of benzene rings is 2. The Morgan fingerprint density at radius 2 is 2.00 bits per heavy atom. The second-order valence-electron chi connectivity index (χ2n) is 4.71. The van der Waals surface area contributed by atoms with Crippen molar-refractivity contribution in [2.45, 2.75) is 6.61 Å². The van der Waals surface area contributed by atoms with Crippen molar-refractivity contribution in [3.63, 3.8) is 0 Å². The summed E-state index contributed by atoms with van der Waals surface area (Å²) in [5.74, 6) is 0.659. The van der Waals surface area contributed by atoms with E-state index in [4.69, 9.17) is 13.9 Å². The zero-order valence-corrected chi connectivity index (χ0v) is 11.8. The molecule has 4 nitrogen and oxygen atoms in total. The summed E-state index contributed by atoms with van der Waals surface area (Å²) < 4.78 is 29.0. The van der Waals surface area contributed by atoms with Crippen LogP contribution in [0, 0.1) is 5.82 Å². The van der Waals surface area contributed by atoms with Crippen LogP contribution in [-0.2, 0) is 6.61 Å². The van der Waals surface area contributed by atoms with E-state index in [9.17, 15) is 9.18 Å². The lowest BCUT2D eigenvalue weighted by molar-refractivity contribution is 0.305. The Balaban J connectivity index is 1.87. The first kappa shape index (κ1) is 14.1. The predicted octanol–water partition coefficient (Wildman–Crippen LogP) is 3.52. The number of methoxy groups -OCH3 is 1. The summed E-state index contributed by atoms with van der Waals surface area (Å²) in [7, 11) is 1.49. The monoisotopic (exact) mass is 300 g/mol. The van der Waals surface area contributed by atoms with Crippen LogP contribution < -0.4 is 15.1 Å². The third kappa shape index (κ3) is 2.93. The highest BCUT2D eigenvalue weighted by atomic mass is 19.1. The van der Waals surface area contributed by atoms with Crippen molar-refractivity contribution in [3.05, 3.63) is 70.3 Å². The lowest BCUT2D eigenvalue weighted by Crippen LogP contribution is -2.00. The maximum Gasteiger partial charge on any atom is 0.339 e. The van der Waals surface area contributed by atoms with Crippen molar-refractivity contribution in [1.29, 1.82) is 0 Å². The fourth-order valence-electron chi connectivity index (χ4n) is 2.17. The molecule has 22 heavy (non-hydrogen) atoms. The Labute approximate surface area is 125 Å². The maximum atomic E-state index is 13.1. The first-order valence-corrected chi connectivity index (χ1v) is 6.65. The topological polar surface area (TPSA) is 48.7 Å². The van der Waals surface area contributed by atoms with Gasteiger partial charge in [0.25, 0.3) is 0 Å². The number of rotatable bonds is 4. The molecule has 1 aromatic heterocycles. The average molecular weight is 300 g/mol. The molecule has 5 heteroatoms. The van der Waals surface area contributed by atoms with Crippen LogP contribution in [-0.4, -0.2) is 7.11 Å². The standard InChI is InChI=1S/C17H13FO4/c1-20-15-9-17(19)22-16-8-13(5-6-14(15)16)21-10-11-3-2-4-12(18)7-11/h2-9H,10H2,1H3. The summed E-state index contributed by atoms with van der Waals surface area (Å²) in [4.78, 5) is 11.5. The Morgan fingerprint density at radius 1 is 1.14 bits per heavy atom. The predicted molar refractivity (Wildman–Crippen MR) is 79.8 cm³/mol. The minimum atomic E-state index is -0.494. The number of halogens is 1. The van der Waals surface area contributed by atoms with E-state index >= 15 is 0 Å². The van der Waals surface area contributed by atoms with Crippen molar-refractivity contribution in [2.24, 2.45) is 0 Å². The van der Waals surface area contributed by atoms with Gasteiger partial charge in [-0.05, 0) is 29.8 Å². The van der Waals surface area contributed by atoms with Gasteiger partial charge in [0.1, 0.15) is 29.5 Å². The molecule has 3 aromatic rings. The number of hydrogen-bond donors (Lipinski definition) is 0. The van der Waals surface area contributed by atoms with E-state index < -0.39 is 5.63 Å². The van der Waals surface area contributed by atoms with E-state index in [0.717, 1.165) is 0 Å². The van der Waals surface area contributed by atoms with Crippen LogP contribution >= 0.6 is 0 Å². The molecule has 1 heterocycles. The first-order chi connectivity index (χ1) is 10.7. The molecule has 0 aliphatic carbocycles. The van der Waals surface area contributed by atoms with Crippen molar-refractivity contribution < 1.29 is 18.3 Å². The Hall–Kier alpha value is -2.82. The number of fused-ring (bicyclic) bond motifs is 1. The van der Waals surface area contributed by atoms with Crippen molar-refractivity contribution in [2.75, 3.05) is 7.11 Å². The van der Waals surface area contributed by atoms with Gasteiger partial charge in [-0.1, -0.05) is 12.1 Å². The van der Waals surface area contributed by atoms with Gasteiger partial charge in [0, 0.05) is 6.07 Å². The highest BCUT2D eigenvalue weighted by Gasteiger charge is 2.07. The van der Waals surface area contributed by atoms with Gasteiger partial charge in [-0.3, -0.25) is 0 Å². The van der Waals surface area contributed by atoms with Gasteiger partial charge in [-0.15, -0.1) is 0 Å². The van der Waals surface area contributed by atoms with Crippen LogP contribution in [0.5, 0.6) is 11.5 Å². The SMILES string of the molecule is COc1cc(=O)oc2cc(OCc3cccc(F)c3)ccc12. The summed E-state index contributed by atoms with van der Waals surface area (Å²) in [6, 6.07) is 12.6. The third-order valence-electron chi connectivity index (χ3n) is 3.19. The molecule has 3 rings (SSSR count). The van der Waals surface area contributed by atoms with E-state index in [2.05, 4.69) is 0 Å². The van der Waals surface area contributed by atoms with Crippen LogP contribution in [0.1, 0.15) is 5.56 Å². The van der Waals surface area contributed by atoms with E-state index in [1.165, 1.54) is 25.3 Å². The summed E-state index contributed by atoms with van der Waals surface area (Å²) in [6.45, 7) is 0.220. The highest BCUT2D eigenvalue weighted by molar-refractivity contribution is 5.84. The molecule has 112 valence electrons. The van der Waals surface area contributed by atoms with Gasteiger partial charge in [-0.2, -0.15) is 0 Å². The molecule has 0 saturated heterocycles. The molecule has 0 aliphatic heterocycles. The third-order valence-corrected chi connectivity index (χ3v) is 3.19. The molecule has 0 unspecified atom stereocenters. The Bertz CT molecular complexity index is 870. The maximum absolute atomic E-state index is 13.1. The molecule has 0 radical (unpaired) electrons. The van der Waals surface area contributed by atoms with Crippen molar-refractivity contribution >= 4 is 11.0 Å². The van der Waals surface area contributed by atoms with Crippen LogP contribution in [0.25, 0.3) is 11.0 Å². The quantitative estimate of drug-likeness (QED) is 0.692. The summed E-state index contributed by atoms with van der Waals surface area (Å²) in [5.41, 5.74) is 0.597. The van der Waals surface area contributed by atoms with E-state index in [0.29, 0.717) is 28.0 Å². The largest absolute Gasteiger partial charge is 0.496 e. The molecule has 0 N–H and O–H groups in total. The fourth-order valence-corrected chi connectivity index (χ4v) is 2.17. The molecular weight excluding hydrogens is 287 g/mol. The molecule has 0 amide bonds. The summed E-state index contributed by atoms with van der Waals surface area (Å²) in [6.07, 6.45) is 0. The van der Waals surface area contributed by atoms with Gasteiger partial charge in [0.2, 0.25) is 0 Å². The zero-order valence-electron chi connectivity index (χ0n) is 11.8. The van der Waals surface area contributed by atoms with E-state index in [1.54, 1.807) is 30.3 Å². The van der Waals surface area contributed by atoms with Crippen molar-refractivity contribution in [3.8, 4) is 11.5 Å². The minimum absolute atomic E-state index is 0.220. The van der Waals surface area contributed by atoms with Crippen molar-refractivity contribution in [1.82, 2.24) is 0 Å². The highest BCUT2D eigenvalue weighted by Crippen LogP contribution is 2.27. The first-order valence-electron chi connectivity index (χ1n) is 6.65. The molecule has 0 saturated carbocycles. The lowest BCUT2D eigenvalue weighted by atomic mass is 10.2. The second kappa shape index (κ2) is 5.89. The van der Waals surface area contributed by atoms with Gasteiger partial charge < -0.3 is 13.9 Å². The van der Waals surface area contributed by atoms with Gasteiger partial charge in [-0.25, -0.2) is 9.18 Å². The van der Waals surface area contributed by atoms with Crippen LogP contribution in [0.3, 0.4) is 0 Å². The molecule has 2 aromatic carbocycles. The van der Waals surface area contributed by atoms with Crippen LogP contribution in [0.4, 0.5) is 4.39 Å². The molecule has 0 fully saturated rings. The molecular formula is C17H13FO4. The van der Waals surface area contributed by atoms with Crippen LogP contribution in [0.15, 0.2) is 57.7 Å². The van der Waals surface area contributed by atoms with Crippen LogP contribution in [0.2, 0.25) is 0 Å². The Kier molecular flexibility index (Phi) is 3.78. The normalized spacial score (nSPS) is 10.6. The molecule has 0 bridgehead atoms. The summed E-state index contributed by atoms with van der Waals surface area (Å²) in [5, 5.41) is 0.681. The molecule has 0 spiro atoms. The average Bonchev–Trinajstić information content (AvgIpc) is 2.51. The lowest BCUT2D eigenvalue weighted by Gasteiger charge is -2.08. The summed E-state index contributed by atoms with van der Waals surface area (Å²) >= 11 is 0. The second-order valence-corrected chi connectivity index (χ2v) is 4.71.